The van der Waals surface area contributed by atoms with E-state index in [0.29, 0.717) is 10.9 Å². The molecule has 0 bridgehead atoms. The molecular formula is C13H16BrFO2. The molecule has 3 unspecified atom stereocenters. The van der Waals surface area contributed by atoms with E-state index in [9.17, 15) is 9.50 Å². The van der Waals surface area contributed by atoms with E-state index in [1.54, 1.807) is 6.07 Å². The van der Waals surface area contributed by atoms with Crippen LogP contribution in [0.2, 0.25) is 0 Å². The lowest BCUT2D eigenvalue weighted by atomic mass is 10.0. The molecular weight excluding hydrogens is 287 g/mol. The topological polar surface area (TPSA) is 29.5 Å². The molecule has 1 N–H and O–H groups in total. The summed E-state index contributed by atoms with van der Waals surface area (Å²) < 4.78 is 19.4. The zero-order valence-electron chi connectivity index (χ0n) is 9.70. The standard InChI is InChI=1S/C13H16BrFO2/c1-8-5-6-12(17-8)11(16)7-9-3-2-4-10(15)13(9)14/h2-4,8,11-12,16H,5-7H2,1H3. The van der Waals surface area contributed by atoms with Crippen LogP contribution in [0.15, 0.2) is 22.7 Å². The third-order valence-electron chi connectivity index (χ3n) is 3.15. The zero-order valence-corrected chi connectivity index (χ0v) is 11.3. The molecule has 1 heterocycles. The fraction of sp³-hybridized carbons (Fsp3) is 0.538. The summed E-state index contributed by atoms with van der Waals surface area (Å²) in [4.78, 5) is 0. The van der Waals surface area contributed by atoms with Crippen LogP contribution in [0.4, 0.5) is 4.39 Å². The number of aliphatic hydroxyl groups excluding tert-OH is 1. The van der Waals surface area contributed by atoms with Gasteiger partial charge in [-0.2, -0.15) is 0 Å². The summed E-state index contributed by atoms with van der Waals surface area (Å²) in [5.74, 6) is -0.296. The maximum absolute atomic E-state index is 13.3. The number of rotatable bonds is 3. The lowest BCUT2D eigenvalue weighted by molar-refractivity contribution is -0.0279. The van der Waals surface area contributed by atoms with Crippen molar-refractivity contribution in [3.63, 3.8) is 0 Å². The van der Waals surface area contributed by atoms with Gasteiger partial charge in [-0.3, -0.25) is 0 Å². The normalized spacial score (nSPS) is 26.1. The Morgan fingerprint density at radius 1 is 1.53 bits per heavy atom. The van der Waals surface area contributed by atoms with E-state index in [1.165, 1.54) is 6.07 Å². The van der Waals surface area contributed by atoms with Gasteiger partial charge >= 0.3 is 0 Å². The maximum atomic E-state index is 13.3. The minimum atomic E-state index is -0.571. The maximum Gasteiger partial charge on any atom is 0.137 e. The number of ether oxygens (including phenoxy) is 1. The molecule has 94 valence electrons. The Kier molecular flexibility index (Phi) is 4.17. The van der Waals surface area contributed by atoms with E-state index in [1.807, 2.05) is 13.0 Å². The van der Waals surface area contributed by atoms with E-state index in [2.05, 4.69) is 15.9 Å². The Bertz CT molecular complexity index is 397. The van der Waals surface area contributed by atoms with Gasteiger partial charge in [-0.15, -0.1) is 0 Å². The Morgan fingerprint density at radius 3 is 2.94 bits per heavy atom. The largest absolute Gasteiger partial charge is 0.390 e. The van der Waals surface area contributed by atoms with Crippen LogP contribution in [0.5, 0.6) is 0 Å². The van der Waals surface area contributed by atoms with Gasteiger partial charge in [0, 0.05) is 6.42 Å². The van der Waals surface area contributed by atoms with E-state index in [-0.39, 0.29) is 18.0 Å². The predicted molar refractivity (Wildman–Crippen MR) is 67.4 cm³/mol. The quantitative estimate of drug-likeness (QED) is 0.930. The highest BCUT2D eigenvalue weighted by Crippen LogP contribution is 2.26. The highest BCUT2D eigenvalue weighted by molar-refractivity contribution is 9.10. The van der Waals surface area contributed by atoms with Gasteiger partial charge in [0.15, 0.2) is 0 Å². The molecule has 0 spiro atoms. The van der Waals surface area contributed by atoms with Crippen LogP contribution < -0.4 is 0 Å². The zero-order chi connectivity index (χ0) is 12.4. The highest BCUT2D eigenvalue weighted by Gasteiger charge is 2.28. The number of halogens is 2. The van der Waals surface area contributed by atoms with Gasteiger partial charge in [-0.1, -0.05) is 12.1 Å². The minimum absolute atomic E-state index is 0.125. The molecule has 1 aliphatic rings. The second kappa shape index (κ2) is 5.46. The molecule has 0 aliphatic carbocycles. The molecule has 3 atom stereocenters. The molecule has 2 rings (SSSR count). The first kappa shape index (κ1) is 13.0. The summed E-state index contributed by atoms with van der Waals surface area (Å²) >= 11 is 3.20. The summed E-state index contributed by atoms with van der Waals surface area (Å²) in [7, 11) is 0. The average molecular weight is 303 g/mol. The third-order valence-corrected chi connectivity index (χ3v) is 4.04. The lowest BCUT2D eigenvalue weighted by Crippen LogP contribution is -2.28. The van der Waals surface area contributed by atoms with Crippen molar-refractivity contribution in [1.29, 1.82) is 0 Å². The number of hydrogen-bond donors (Lipinski definition) is 1. The highest BCUT2D eigenvalue weighted by atomic mass is 79.9. The van der Waals surface area contributed by atoms with Crippen LogP contribution in [0.1, 0.15) is 25.3 Å². The second-order valence-electron chi connectivity index (χ2n) is 4.55. The van der Waals surface area contributed by atoms with Gasteiger partial charge in [0.1, 0.15) is 5.82 Å². The van der Waals surface area contributed by atoms with E-state index < -0.39 is 6.10 Å². The van der Waals surface area contributed by atoms with Crippen LogP contribution in [0, 0.1) is 5.82 Å². The van der Waals surface area contributed by atoms with Crippen LogP contribution >= 0.6 is 15.9 Å². The smallest absolute Gasteiger partial charge is 0.137 e. The molecule has 0 aromatic heterocycles. The molecule has 4 heteroatoms. The van der Waals surface area contributed by atoms with E-state index >= 15 is 0 Å². The van der Waals surface area contributed by atoms with Gasteiger partial charge in [0.05, 0.1) is 22.8 Å². The Hall–Kier alpha value is -0.450. The van der Waals surface area contributed by atoms with Gasteiger partial charge in [0.25, 0.3) is 0 Å². The lowest BCUT2D eigenvalue weighted by Gasteiger charge is -2.19. The average Bonchev–Trinajstić information content (AvgIpc) is 2.72. The fourth-order valence-corrected chi connectivity index (χ4v) is 2.61. The van der Waals surface area contributed by atoms with Crippen molar-refractivity contribution in [1.82, 2.24) is 0 Å². The van der Waals surface area contributed by atoms with Crippen molar-refractivity contribution < 1.29 is 14.2 Å². The molecule has 1 aromatic rings. The van der Waals surface area contributed by atoms with Crippen molar-refractivity contribution in [2.24, 2.45) is 0 Å². The van der Waals surface area contributed by atoms with Gasteiger partial charge in [-0.25, -0.2) is 4.39 Å². The summed E-state index contributed by atoms with van der Waals surface area (Å²) in [5.41, 5.74) is 0.778. The number of benzene rings is 1. The summed E-state index contributed by atoms with van der Waals surface area (Å²) in [6, 6.07) is 4.86. The van der Waals surface area contributed by atoms with Gasteiger partial charge in [-0.05, 0) is 47.3 Å². The minimum Gasteiger partial charge on any atom is -0.390 e. The van der Waals surface area contributed by atoms with Crippen LogP contribution in [-0.2, 0) is 11.2 Å². The predicted octanol–water partition coefficient (Wildman–Crippen LogP) is 3.06. The van der Waals surface area contributed by atoms with Crippen LogP contribution in [0.3, 0.4) is 0 Å². The third kappa shape index (κ3) is 3.06. The van der Waals surface area contributed by atoms with Crippen molar-refractivity contribution in [3.8, 4) is 0 Å². The Labute approximate surface area is 109 Å². The van der Waals surface area contributed by atoms with Crippen LogP contribution in [0.25, 0.3) is 0 Å². The first-order valence-electron chi connectivity index (χ1n) is 5.84. The van der Waals surface area contributed by atoms with Gasteiger partial charge < -0.3 is 9.84 Å². The fourth-order valence-electron chi connectivity index (χ4n) is 2.18. The molecule has 1 fully saturated rings. The molecule has 0 saturated carbocycles. The molecule has 1 aliphatic heterocycles. The first-order valence-corrected chi connectivity index (χ1v) is 6.63. The van der Waals surface area contributed by atoms with Gasteiger partial charge in [0.2, 0.25) is 0 Å². The monoisotopic (exact) mass is 302 g/mol. The van der Waals surface area contributed by atoms with Crippen molar-refractivity contribution in [2.75, 3.05) is 0 Å². The molecule has 1 saturated heterocycles. The second-order valence-corrected chi connectivity index (χ2v) is 5.34. The van der Waals surface area contributed by atoms with Crippen molar-refractivity contribution >= 4 is 15.9 Å². The number of hydrogen-bond acceptors (Lipinski definition) is 2. The Balaban J connectivity index is 2.03. The van der Waals surface area contributed by atoms with Crippen LogP contribution in [-0.4, -0.2) is 23.4 Å². The molecule has 1 aromatic carbocycles. The summed E-state index contributed by atoms with van der Waals surface area (Å²) in [5, 5.41) is 10.1. The van der Waals surface area contributed by atoms with E-state index in [4.69, 9.17) is 4.74 Å². The molecule has 2 nitrogen and oxygen atoms in total. The molecule has 17 heavy (non-hydrogen) atoms. The summed E-state index contributed by atoms with van der Waals surface area (Å²) in [6.45, 7) is 2.00. The number of aliphatic hydroxyl groups is 1. The SMILES string of the molecule is CC1CCC(C(O)Cc2cccc(F)c2Br)O1. The van der Waals surface area contributed by atoms with E-state index in [0.717, 1.165) is 18.4 Å². The summed E-state index contributed by atoms with van der Waals surface area (Å²) in [6.07, 6.45) is 1.78. The van der Waals surface area contributed by atoms with Crippen molar-refractivity contribution in [3.05, 3.63) is 34.1 Å². The first-order chi connectivity index (χ1) is 8.08. The molecule has 0 amide bonds. The molecule has 0 radical (unpaired) electrons. The van der Waals surface area contributed by atoms with Crippen molar-refractivity contribution in [2.45, 2.75) is 44.5 Å². The Morgan fingerprint density at radius 2 is 2.29 bits per heavy atom.